The Morgan fingerprint density at radius 2 is 1.40 bits per heavy atom. The molecular formula is C52H50N6O9. The van der Waals surface area contributed by atoms with Crippen molar-refractivity contribution >= 4 is 64.2 Å². The van der Waals surface area contributed by atoms with E-state index in [4.69, 9.17) is 24.0 Å². The summed E-state index contributed by atoms with van der Waals surface area (Å²) in [5.41, 5.74) is 9.73. The molecule has 5 aliphatic rings. The van der Waals surface area contributed by atoms with Crippen molar-refractivity contribution in [2.75, 3.05) is 53.9 Å². The maximum absolute atomic E-state index is 14.2. The summed E-state index contributed by atoms with van der Waals surface area (Å²) in [5.74, 6) is -0.382. The molecule has 0 saturated carbocycles. The van der Waals surface area contributed by atoms with E-state index in [9.17, 15) is 24.0 Å². The number of aliphatic imine (C=N–C) groups is 1. The summed E-state index contributed by atoms with van der Waals surface area (Å²) < 4.78 is 18.9. The van der Waals surface area contributed by atoms with Gasteiger partial charge in [-0.15, -0.1) is 5.06 Å². The van der Waals surface area contributed by atoms with Crippen LogP contribution in [0.5, 0.6) is 17.2 Å². The maximum Gasteiger partial charge on any atom is 0.333 e. The molecule has 67 heavy (non-hydrogen) atoms. The summed E-state index contributed by atoms with van der Waals surface area (Å²) in [5, 5.41) is 0.567. The van der Waals surface area contributed by atoms with Crippen molar-refractivity contribution in [1.82, 2.24) is 5.06 Å². The Labute approximate surface area is 388 Å². The Morgan fingerprint density at radius 3 is 2.12 bits per heavy atom. The van der Waals surface area contributed by atoms with Gasteiger partial charge >= 0.3 is 5.97 Å². The van der Waals surface area contributed by atoms with Gasteiger partial charge in [0.2, 0.25) is 0 Å². The lowest BCUT2D eigenvalue weighted by molar-refractivity contribution is -0.197. The van der Waals surface area contributed by atoms with Crippen LogP contribution in [-0.2, 0) is 45.3 Å². The van der Waals surface area contributed by atoms with E-state index in [0.717, 1.165) is 57.0 Å². The number of fused-ring (bicyclic) bond motifs is 8. The predicted octanol–water partition coefficient (Wildman–Crippen LogP) is 7.29. The van der Waals surface area contributed by atoms with Gasteiger partial charge in [-0.05, 0) is 90.0 Å². The first kappa shape index (κ1) is 43.2. The van der Waals surface area contributed by atoms with Crippen molar-refractivity contribution in [3.63, 3.8) is 0 Å². The third-order valence-corrected chi connectivity index (χ3v) is 13.2. The van der Waals surface area contributed by atoms with Gasteiger partial charge in [0.05, 0.1) is 41.7 Å². The van der Waals surface area contributed by atoms with Crippen LogP contribution >= 0.6 is 0 Å². The number of anilines is 4. The number of rotatable bonds is 13. The highest BCUT2D eigenvalue weighted by Gasteiger charge is 2.40. The number of imide groups is 1. The number of hydrogen-bond donors (Lipinski definition) is 0. The first-order valence-electron chi connectivity index (χ1n) is 22.5. The Bertz CT molecular complexity index is 2880. The van der Waals surface area contributed by atoms with E-state index < -0.39 is 17.8 Å². The number of hydrogen-bond acceptors (Lipinski definition) is 12. The number of benzene rings is 5. The molecule has 342 valence electrons. The molecule has 0 bridgehead atoms. The van der Waals surface area contributed by atoms with Gasteiger partial charge in [0.25, 0.3) is 23.6 Å². The quantitative estimate of drug-likeness (QED) is 0.110. The Kier molecular flexibility index (Phi) is 11.4. The van der Waals surface area contributed by atoms with Gasteiger partial charge < -0.3 is 33.7 Å². The number of aryl methyl sites for hydroxylation is 1. The van der Waals surface area contributed by atoms with Crippen LogP contribution in [0.25, 0.3) is 0 Å². The lowest BCUT2D eigenvalue weighted by Crippen LogP contribution is -2.41. The third kappa shape index (κ3) is 8.19. The minimum Gasteiger partial charge on any atom is -0.493 e. The average Bonchev–Trinajstić information content (AvgIpc) is 3.95. The van der Waals surface area contributed by atoms with E-state index in [2.05, 4.69) is 11.0 Å². The fraction of sp³-hybridized carbons (Fsp3) is 0.308. The van der Waals surface area contributed by atoms with E-state index in [0.29, 0.717) is 65.1 Å². The first-order chi connectivity index (χ1) is 32.4. The van der Waals surface area contributed by atoms with Crippen molar-refractivity contribution < 1.29 is 43.0 Å². The molecule has 5 heterocycles. The summed E-state index contributed by atoms with van der Waals surface area (Å²) in [6.07, 6.45) is 3.76. The Morgan fingerprint density at radius 1 is 0.746 bits per heavy atom. The number of nitrogens with zero attached hydrogens (tertiary/aromatic N) is 6. The molecule has 1 saturated heterocycles. The number of amides is 4. The number of methoxy groups -OCH3 is 1. The van der Waals surface area contributed by atoms with Crippen molar-refractivity contribution in [1.29, 1.82) is 0 Å². The zero-order chi connectivity index (χ0) is 46.5. The number of carbonyl (C=O) groups excluding carboxylic acids is 5. The lowest BCUT2D eigenvalue weighted by Gasteiger charge is -2.25. The highest BCUT2D eigenvalue weighted by Crippen LogP contribution is 2.43. The molecular weight excluding hydrogens is 853 g/mol. The molecule has 0 spiro atoms. The van der Waals surface area contributed by atoms with Gasteiger partial charge in [-0.2, -0.15) is 0 Å². The van der Waals surface area contributed by atoms with Crippen LogP contribution in [0, 0.1) is 6.92 Å². The van der Waals surface area contributed by atoms with E-state index in [1.165, 1.54) is 0 Å². The second-order valence-electron chi connectivity index (χ2n) is 17.7. The number of hydroxylamine groups is 2. The van der Waals surface area contributed by atoms with Crippen LogP contribution in [0.15, 0.2) is 96.0 Å². The molecule has 5 aromatic rings. The third-order valence-electron chi connectivity index (χ3n) is 13.2. The van der Waals surface area contributed by atoms with E-state index in [1.54, 1.807) is 13.2 Å². The normalized spacial score (nSPS) is 17.9. The maximum atomic E-state index is 14.2. The monoisotopic (exact) mass is 902 g/mol. The molecule has 0 N–H and O–H groups in total. The second-order valence-corrected chi connectivity index (χ2v) is 17.7. The summed E-state index contributed by atoms with van der Waals surface area (Å²) in [6, 6.07) is 29.1. The van der Waals surface area contributed by atoms with E-state index in [-0.39, 0.29) is 56.4 Å². The predicted molar refractivity (Wildman–Crippen MR) is 252 cm³/mol. The van der Waals surface area contributed by atoms with Gasteiger partial charge in [0, 0.05) is 88.3 Å². The minimum atomic E-state index is -0.659. The molecule has 0 unspecified atom stereocenters. The molecule has 5 aliphatic heterocycles. The fourth-order valence-corrected chi connectivity index (χ4v) is 9.78. The standard InChI is InChI=1S/C52H50N6O9/c1-31-18-39-41(53-27-37-22-34-10-5-7-12-42(34)56(37)51(39)62)25-45(31)65-29-32-19-33(21-36(20-32)54(2)17-9-14-50(61)67-58-48(59)15-16-49(58)60)30-66-47-26-44-40(24-46(47)64-4)52(63)57-38(28-55(44)3)23-35-11-6-8-13-43(35)57/h5-8,10-13,18-21,24-27,37-38H,9,14-17,22-23,28-30H2,1-4H3/t37-,38-/m0/s1. The average molecular weight is 903 g/mol. The highest BCUT2D eigenvalue weighted by molar-refractivity contribution is 6.15. The second kappa shape index (κ2) is 17.6. The largest absolute Gasteiger partial charge is 0.493 e. The topological polar surface area (TPSA) is 151 Å². The molecule has 15 heteroatoms. The van der Waals surface area contributed by atoms with Crippen LogP contribution in [0.4, 0.5) is 28.4 Å². The first-order valence-corrected chi connectivity index (χ1v) is 22.5. The Balaban J connectivity index is 0.893. The SMILES string of the molecule is COc1cc2c(cc1OCc1cc(COc3cc4c(cc3C)C(=O)N3c5ccccc5C[C@H]3C=N4)cc(N(C)CCCC(=O)ON3C(=O)CCC3=O)c1)N(C)C[C@@H]1Cc3ccccc3N1C2=O. The molecule has 2 atom stereocenters. The van der Waals surface area contributed by atoms with Gasteiger partial charge in [0.15, 0.2) is 11.5 Å². The summed E-state index contributed by atoms with van der Waals surface area (Å²) in [6.45, 7) is 3.32. The number of para-hydroxylation sites is 2. The molecule has 10 rings (SSSR count). The van der Waals surface area contributed by atoms with E-state index in [1.807, 2.05) is 121 Å². The zero-order valence-electron chi connectivity index (χ0n) is 37.8. The minimum absolute atomic E-state index is 0.00608. The molecule has 1 fully saturated rings. The highest BCUT2D eigenvalue weighted by atomic mass is 16.7. The molecule has 4 amide bonds. The van der Waals surface area contributed by atoms with E-state index >= 15 is 0 Å². The van der Waals surface area contributed by atoms with Crippen LogP contribution < -0.4 is 33.8 Å². The van der Waals surface area contributed by atoms with Crippen LogP contribution in [0.1, 0.15) is 74.2 Å². The number of ether oxygens (including phenoxy) is 3. The van der Waals surface area contributed by atoms with Crippen molar-refractivity contribution in [2.24, 2.45) is 4.99 Å². The van der Waals surface area contributed by atoms with Crippen LogP contribution in [0.3, 0.4) is 0 Å². The Hall–Kier alpha value is -7.68. The van der Waals surface area contributed by atoms with Gasteiger partial charge in [-0.25, -0.2) is 4.79 Å². The van der Waals surface area contributed by atoms with Crippen molar-refractivity contribution in [2.45, 2.75) is 70.7 Å². The number of likely N-dealkylation sites (N-methyl/N-ethyl adjacent to an activating group) is 1. The number of carbonyl (C=O) groups is 5. The summed E-state index contributed by atoms with van der Waals surface area (Å²) in [4.78, 5) is 82.5. The summed E-state index contributed by atoms with van der Waals surface area (Å²) >= 11 is 0. The van der Waals surface area contributed by atoms with Gasteiger partial charge in [-0.3, -0.25) is 29.1 Å². The lowest BCUT2D eigenvalue weighted by atomic mass is 10.1. The van der Waals surface area contributed by atoms with Gasteiger partial charge in [0.1, 0.15) is 19.0 Å². The molecule has 15 nitrogen and oxygen atoms in total. The molecule has 5 aromatic carbocycles. The van der Waals surface area contributed by atoms with Gasteiger partial charge in [-0.1, -0.05) is 36.4 Å². The van der Waals surface area contributed by atoms with Crippen LogP contribution in [-0.4, -0.2) is 87.3 Å². The van der Waals surface area contributed by atoms with Crippen molar-refractivity contribution in [3.05, 3.63) is 130 Å². The zero-order valence-corrected chi connectivity index (χ0v) is 37.8. The molecule has 0 aromatic heterocycles. The summed E-state index contributed by atoms with van der Waals surface area (Å²) in [7, 11) is 5.46. The van der Waals surface area contributed by atoms with Crippen LogP contribution in [0.2, 0.25) is 0 Å². The molecule has 0 radical (unpaired) electrons. The van der Waals surface area contributed by atoms with Crippen molar-refractivity contribution in [3.8, 4) is 17.2 Å². The fourth-order valence-electron chi connectivity index (χ4n) is 9.78. The smallest absolute Gasteiger partial charge is 0.333 e. The molecule has 0 aliphatic carbocycles.